The van der Waals surface area contributed by atoms with E-state index in [1.807, 2.05) is 26.8 Å². The molecule has 1 aromatic rings. The van der Waals surface area contributed by atoms with Crippen LogP contribution in [0.3, 0.4) is 0 Å². The summed E-state index contributed by atoms with van der Waals surface area (Å²) in [5.41, 5.74) is 1.87. The standard InChI is InChI=1S/C13H17ClN2O2/c1-8(2)11-9(5-6-10(14)15-11)7-13(3,4)16-12(17)18/h5-6,16H,1,7H2,2-4H3,(H,17,18). The molecule has 1 aromatic heterocycles. The fourth-order valence-corrected chi connectivity index (χ4v) is 1.93. The smallest absolute Gasteiger partial charge is 0.405 e. The molecule has 98 valence electrons. The molecule has 0 saturated carbocycles. The Kier molecular flexibility index (Phi) is 4.35. The van der Waals surface area contributed by atoms with Gasteiger partial charge >= 0.3 is 6.09 Å². The van der Waals surface area contributed by atoms with E-state index in [9.17, 15) is 4.79 Å². The molecular formula is C13H17ClN2O2. The molecule has 5 heteroatoms. The highest BCUT2D eigenvalue weighted by atomic mass is 35.5. The fraction of sp³-hybridized carbons (Fsp3) is 0.385. The zero-order valence-electron chi connectivity index (χ0n) is 10.7. The van der Waals surface area contributed by atoms with E-state index in [0.717, 1.165) is 16.8 Å². The Morgan fingerprint density at radius 1 is 1.56 bits per heavy atom. The van der Waals surface area contributed by atoms with Crippen LogP contribution in [-0.4, -0.2) is 21.7 Å². The number of aromatic nitrogens is 1. The van der Waals surface area contributed by atoms with Crippen molar-refractivity contribution in [1.82, 2.24) is 10.3 Å². The first kappa shape index (κ1) is 14.5. The maximum atomic E-state index is 10.7. The van der Waals surface area contributed by atoms with Gasteiger partial charge in [-0.3, -0.25) is 0 Å². The van der Waals surface area contributed by atoms with Crippen LogP contribution < -0.4 is 5.32 Å². The highest BCUT2D eigenvalue weighted by molar-refractivity contribution is 6.29. The van der Waals surface area contributed by atoms with Crippen molar-refractivity contribution in [3.8, 4) is 0 Å². The second kappa shape index (κ2) is 5.40. The molecule has 0 aromatic carbocycles. The van der Waals surface area contributed by atoms with E-state index in [-0.39, 0.29) is 0 Å². The number of amides is 1. The monoisotopic (exact) mass is 268 g/mol. The Labute approximate surface area is 112 Å². The molecular weight excluding hydrogens is 252 g/mol. The van der Waals surface area contributed by atoms with Crippen LogP contribution in [-0.2, 0) is 6.42 Å². The van der Waals surface area contributed by atoms with E-state index in [0.29, 0.717) is 11.6 Å². The van der Waals surface area contributed by atoms with Crippen LogP contribution in [0.4, 0.5) is 4.79 Å². The number of nitrogens with zero attached hydrogens (tertiary/aromatic N) is 1. The summed E-state index contributed by atoms with van der Waals surface area (Å²) >= 11 is 5.85. The summed E-state index contributed by atoms with van der Waals surface area (Å²) in [6, 6.07) is 3.55. The molecule has 1 rings (SSSR count). The first-order valence-corrected chi connectivity index (χ1v) is 5.91. The van der Waals surface area contributed by atoms with Crippen LogP contribution in [0.25, 0.3) is 5.57 Å². The maximum Gasteiger partial charge on any atom is 0.405 e. The molecule has 2 N–H and O–H groups in total. The molecule has 18 heavy (non-hydrogen) atoms. The van der Waals surface area contributed by atoms with Crippen LogP contribution in [0.15, 0.2) is 18.7 Å². The first-order valence-electron chi connectivity index (χ1n) is 5.54. The molecule has 0 bridgehead atoms. The number of hydrogen-bond acceptors (Lipinski definition) is 2. The van der Waals surface area contributed by atoms with Crippen molar-refractivity contribution in [2.24, 2.45) is 0 Å². The van der Waals surface area contributed by atoms with Crippen molar-refractivity contribution in [1.29, 1.82) is 0 Å². The van der Waals surface area contributed by atoms with Crippen LogP contribution in [0.2, 0.25) is 5.15 Å². The Bertz CT molecular complexity index is 484. The highest BCUT2D eigenvalue weighted by Crippen LogP contribution is 2.22. The summed E-state index contributed by atoms with van der Waals surface area (Å²) in [6.45, 7) is 9.34. The Morgan fingerprint density at radius 3 is 2.67 bits per heavy atom. The lowest BCUT2D eigenvalue weighted by molar-refractivity contribution is 0.182. The SMILES string of the molecule is C=C(C)c1nc(Cl)ccc1CC(C)(C)NC(=O)O. The summed E-state index contributed by atoms with van der Waals surface area (Å²) in [4.78, 5) is 14.9. The predicted molar refractivity (Wildman–Crippen MR) is 72.9 cm³/mol. The summed E-state index contributed by atoms with van der Waals surface area (Å²) in [7, 11) is 0. The largest absolute Gasteiger partial charge is 0.465 e. The Morgan fingerprint density at radius 2 is 2.17 bits per heavy atom. The molecule has 0 unspecified atom stereocenters. The van der Waals surface area contributed by atoms with Gasteiger partial charge in [0.25, 0.3) is 0 Å². The number of allylic oxidation sites excluding steroid dienone is 1. The number of carboxylic acid groups (broad SMARTS) is 1. The summed E-state index contributed by atoms with van der Waals surface area (Å²) < 4.78 is 0. The first-order chi connectivity index (χ1) is 8.21. The van der Waals surface area contributed by atoms with E-state index in [4.69, 9.17) is 16.7 Å². The molecule has 0 spiro atoms. The summed E-state index contributed by atoms with van der Waals surface area (Å²) in [5.74, 6) is 0. The zero-order chi connectivity index (χ0) is 13.9. The van der Waals surface area contributed by atoms with E-state index >= 15 is 0 Å². The lowest BCUT2D eigenvalue weighted by atomic mass is 9.93. The second-order valence-corrected chi connectivity index (χ2v) is 5.30. The van der Waals surface area contributed by atoms with Crippen molar-refractivity contribution in [3.05, 3.63) is 35.1 Å². The van der Waals surface area contributed by atoms with E-state index in [2.05, 4.69) is 16.9 Å². The van der Waals surface area contributed by atoms with Crippen LogP contribution in [0.5, 0.6) is 0 Å². The highest BCUT2D eigenvalue weighted by Gasteiger charge is 2.22. The van der Waals surface area contributed by atoms with Crippen molar-refractivity contribution in [3.63, 3.8) is 0 Å². The minimum Gasteiger partial charge on any atom is -0.465 e. The lowest BCUT2D eigenvalue weighted by Gasteiger charge is -2.25. The summed E-state index contributed by atoms with van der Waals surface area (Å²) in [5, 5.41) is 11.7. The molecule has 1 amide bonds. The number of carbonyl (C=O) groups is 1. The normalized spacial score (nSPS) is 11.1. The van der Waals surface area contributed by atoms with Crippen molar-refractivity contribution >= 4 is 23.3 Å². The van der Waals surface area contributed by atoms with Gasteiger partial charge in [0.15, 0.2) is 0 Å². The predicted octanol–water partition coefficient (Wildman–Crippen LogP) is 3.36. The van der Waals surface area contributed by atoms with Gasteiger partial charge in [-0.2, -0.15) is 0 Å². The molecule has 0 aliphatic heterocycles. The molecule has 1 heterocycles. The van der Waals surface area contributed by atoms with Crippen LogP contribution in [0.1, 0.15) is 32.0 Å². The van der Waals surface area contributed by atoms with Gasteiger partial charge in [-0.05, 0) is 44.4 Å². The number of pyridine rings is 1. The van der Waals surface area contributed by atoms with Gasteiger partial charge in [0.05, 0.1) is 5.69 Å². The number of rotatable bonds is 4. The van der Waals surface area contributed by atoms with Gasteiger partial charge in [0.2, 0.25) is 0 Å². The fourth-order valence-electron chi connectivity index (χ4n) is 1.79. The van der Waals surface area contributed by atoms with Crippen molar-refractivity contribution < 1.29 is 9.90 Å². The zero-order valence-corrected chi connectivity index (χ0v) is 11.5. The molecule has 0 aliphatic carbocycles. The van der Waals surface area contributed by atoms with Gasteiger partial charge in [-0.15, -0.1) is 0 Å². The molecule has 4 nitrogen and oxygen atoms in total. The van der Waals surface area contributed by atoms with Crippen molar-refractivity contribution in [2.45, 2.75) is 32.7 Å². The van der Waals surface area contributed by atoms with Crippen LogP contribution in [0, 0.1) is 0 Å². The maximum absolute atomic E-state index is 10.7. The average Bonchev–Trinajstić information content (AvgIpc) is 2.18. The molecule has 0 aliphatic rings. The Hall–Kier alpha value is -1.55. The quantitative estimate of drug-likeness (QED) is 0.823. The van der Waals surface area contributed by atoms with Crippen molar-refractivity contribution in [2.75, 3.05) is 0 Å². The number of halogens is 1. The average molecular weight is 269 g/mol. The minimum atomic E-state index is -1.04. The molecule has 0 fully saturated rings. The molecule has 0 atom stereocenters. The third-order valence-electron chi connectivity index (χ3n) is 2.43. The second-order valence-electron chi connectivity index (χ2n) is 4.91. The lowest BCUT2D eigenvalue weighted by Crippen LogP contribution is -2.44. The van der Waals surface area contributed by atoms with Crippen LogP contribution >= 0.6 is 11.6 Å². The number of hydrogen-bond donors (Lipinski definition) is 2. The van der Waals surface area contributed by atoms with E-state index in [1.54, 1.807) is 6.07 Å². The number of nitrogens with one attached hydrogen (secondary N) is 1. The van der Waals surface area contributed by atoms with Gasteiger partial charge in [0.1, 0.15) is 5.15 Å². The molecule has 0 radical (unpaired) electrons. The van der Waals surface area contributed by atoms with Gasteiger partial charge in [0, 0.05) is 5.54 Å². The van der Waals surface area contributed by atoms with E-state index < -0.39 is 11.6 Å². The third kappa shape index (κ3) is 4.04. The topological polar surface area (TPSA) is 62.2 Å². The Balaban J connectivity index is 3.03. The van der Waals surface area contributed by atoms with Gasteiger partial charge < -0.3 is 10.4 Å². The minimum absolute atomic E-state index is 0.403. The van der Waals surface area contributed by atoms with E-state index in [1.165, 1.54) is 0 Å². The van der Waals surface area contributed by atoms with Gasteiger partial charge in [-0.1, -0.05) is 24.2 Å². The van der Waals surface area contributed by atoms with Gasteiger partial charge in [-0.25, -0.2) is 9.78 Å². The summed E-state index contributed by atoms with van der Waals surface area (Å²) in [6.07, 6.45) is -0.523. The third-order valence-corrected chi connectivity index (χ3v) is 2.64. The molecule has 0 saturated heterocycles.